The summed E-state index contributed by atoms with van der Waals surface area (Å²) in [7, 11) is -2.13. The minimum Gasteiger partial charge on any atom is -0.305 e. The van der Waals surface area contributed by atoms with Gasteiger partial charge in [-0.3, -0.25) is 9.52 Å². The Labute approximate surface area is 171 Å². The molecule has 3 rings (SSSR count). The molecule has 0 bridgehead atoms. The van der Waals surface area contributed by atoms with Gasteiger partial charge in [0.25, 0.3) is 10.0 Å². The van der Waals surface area contributed by atoms with Crippen molar-refractivity contribution in [3.63, 3.8) is 0 Å². The first-order chi connectivity index (χ1) is 13.9. The van der Waals surface area contributed by atoms with E-state index in [0.29, 0.717) is 11.3 Å². The second-order valence-corrected chi connectivity index (χ2v) is 8.10. The molecule has 0 radical (unpaired) electrons. The first-order valence-electron chi connectivity index (χ1n) is 8.90. The first-order valence-corrected chi connectivity index (χ1v) is 10.4. The lowest BCUT2D eigenvalue weighted by Crippen LogP contribution is -2.24. The Hall–Kier alpha value is -3.56. The summed E-state index contributed by atoms with van der Waals surface area (Å²) in [5, 5.41) is 0. The van der Waals surface area contributed by atoms with Gasteiger partial charge in [-0.05, 0) is 43.3 Å². The molecule has 0 saturated heterocycles. The number of carbonyl (C=O) groups is 1. The molecule has 0 heterocycles. The van der Waals surface area contributed by atoms with Gasteiger partial charge >= 0.3 is 5.91 Å². The smallest absolute Gasteiger partial charge is 0.302 e. The van der Waals surface area contributed by atoms with Gasteiger partial charge in [-0.15, -0.1) is 0 Å². The summed E-state index contributed by atoms with van der Waals surface area (Å²) in [4.78, 5) is 14.0. The molecule has 1 amide bonds. The maximum Gasteiger partial charge on any atom is 0.302 e. The van der Waals surface area contributed by atoms with Gasteiger partial charge in [-0.1, -0.05) is 53.9 Å². The fraction of sp³-hybridized carbons (Fsp3) is 0.0870. The summed E-state index contributed by atoms with van der Waals surface area (Å²) >= 11 is 0. The lowest BCUT2D eigenvalue weighted by Gasteiger charge is -2.13. The van der Waals surface area contributed by atoms with Gasteiger partial charge in [0.1, 0.15) is 0 Å². The van der Waals surface area contributed by atoms with E-state index >= 15 is 0 Å². The fourth-order valence-corrected chi connectivity index (χ4v) is 3.66. The number of aryl methyl sites for hydroxylation is 1. The average Bonchev–Trinajstić information content (AvgIpc) is 2.73. The number of benzene rings is 3. The maximum absolute atomic E-state index is 12.7. The lowest BCUT2D eigenvalue weighted by atomic mass is 10.2. The third kappa shape index (κ3) is 5.03. The van der Waals surface area contributed by atoms with Crippen molar-refractivity contribution < 1.29 is 13.2 Å². The van der Waals surface area contributed by atoms with E-state index in [1.54, 1.807) is 55.6 Å². The van der Waals surface area contributed by atoms with Crippen LogP contribution < -0.4 is 9.62 Å². The highest BCUT2D eigenvalue weighted by Gasteiger charge is 2.15. The minimum atomic E-state index is -3.76. The predicted molar refractivity (Wildman–Crippen MR) is 115 cm³/mol. The summed E-state index contributed by atoms with van der Waals surface area (Å²) < 4.78 is 27.9. The van der Waals surface area contributed by atoms with Gasteiger partial charge in [0, 0.05) is 24.2 Å². The van der Waals surface area contributed by atoms with E-state index in [1.165, 1.54) is 4.90 Å². The minimum absolute atomic E-state index is 0.158. The van der Waals surface area contributed by atoms with Crippen molar-refractivity contribution in [1.29, 1.82) is 0 Å². The Kier molecular flexibility index (Phi) is 6.01. The highest BCUT2D eigenvalue weighted by Crippen LogP contribution is 2.20. The quantitative estimate of drug-likeness (QED) is 0.673. The van der Waals surface area contributed by atoms with Crippen LogP contribution in [0.4, 0.5) is 11.4 Å². The Morgan fingerprint density at radius 3 is 2.21 bits per heavy atom. The summed E-state index contributed by atoms with van der Waals surface area (Å²) in [6.45, 7) is 1.89. The van der Waals surface area contributed by atoms with Gasteiger partial charge in [-0.25, -0.2) is 8.42 Å². The molecule has 0 atom stereocenters. The van der Waals surface area contributed by atoms with Crippen LogP contribution >= 0.6 is 0 Å². The number of rotatable bonds is 4. The molecule has 0 saturated carbocycles. The standard InChI is InChI=1S/C23H20N2O3S/c1-18-12-15-21(16-13-18)29(27,28)24-22-11-7-6-8-19(22)14-17-23(26)25(2)20-9-4-3-5-10-20/h3-13,15-16,24H,1-2H3. The lowest BCUT2D eigenvalue weighted by molar-refractivity contribution is -0.113. The van der Waals surface area contributed by atoms with Crippen molar-refractivity contribution in [3.05, 3.63) is 90.0 Å². The molecule has 0 aromatic heterocycles. The molecule has 3 aromatic rings. The summed E-state index contributed by atoms with van der Waals surface area (Å²) in [5.74, 6) is 4.96. The molecule has 0 fully saturated rings. The van der Waals surface area contributed by atoms with Crippen LogP contribution in [0.1, 0.15) is 11.1 Å². The Morgan fingerprint density at radius 2 is 1.52 bits per heavy atom. The first kappa shape index (κ1) is 20.2. The van der Waals surface area contributed by atoms with E-state index in [1.807, 2.05) is 37.3 Å². The van der Waals surface area contributed by atoms with E-state index in [4.69, 9.17) is 0 Å². The van der Waals surface area contributed by atoms with Crippen LogP contribution in [0.3, 0.4) is 0 Å². The molecule has 0 aliphatic rings. The van der Waals surface area contributed by atoms with E-state index in [-0.39, 0.29) is 4.90 Å². The monoisotopic (exact) mass is 404 g/mol. The summed E-state index contributed by atoms with van der Waals surface area (Å²) in [6, 6.07) is 22.4. The number of amides is 1. The Morgan fingerprint density at radius 1 is 0.897 bits per heavy atom. The normalized spacial score (nSPS) is 10.6. The second-order valence-electron chi connectivity index (χ2n) is 6.41. The van der Waals surface area contributed by atoms with Crippen molar-refractivity contribution in [1.82, 2.24) is 0 Å². The number of nitrogens with zero attached hydrogens (tertiary/aromatic N) is 1. The van der Waals surface area contributed by atoms with Crippen molar-refractivity contribution in [2.45, 2.75) is 11.8 Å². The van der Waals surface area contributed by atoms with Crippen LogP contribution in [0.5, 0.6) is 0 Å². The van der Waals surface area contributed by atoms with Gasteiger partial charge in [0.05, 0.1) is 10.6 Å². The molecule has 29 heavy (non-hydrogen) atoms. The van der Waals surface area contributed by atoms with Crippen molar-refractivity contribution in [2.24, 2.45) is 0 Å². The Bertz CT molecular complexity index is 1180. The topological polar surface area (TPSA) is 66.5 Å². The maximum atomic E-state index is 12.7. The number of para-hydroxylation sites is 2. The molecule has 0 aliphatic carbocycles. The SMILES string of the molecule is Cc1ccc(S(=O)(=O)Nc2ccccc2C#CC(=O)N(C)c2ccccc2)cc1. The third-order valence-electron chi connectivity index (χ3n) is 4.25. The molecular formula is C23H20N2O3S. The van der Waals surface area contributed by atoms with Crippen molar-refractivity contribution >= 4 is 27.3 Å². The molecule has 0 spiro atoms. The zero-order chi connectivity index (χ0) is 20.9. The van der Waals surface area contributed by atoms with Crippen molar-refractivity contribution in [2.75, 3.05) is 16.7 Å². The van der Waals surface area contributed by atoms with Crippen LogP contribution in [0.15, 0.2) is 83.8 Å². The molecule has 5 nitrogen and oxygen atoms in total. The van der Waals surface area contributed by atoms with Crippen molar-refractivity contribution in [3.8, 4) is 11.8 Å². The largest absolute Gasteiger partial charge is 0.305 e. The van der Waals surface area contributed by atoms with Crippen LogP contribution in [0, 0.1) is 18.8 Å². The zero-order valence-corrected chi connectivity index (χ0v) is 16.9. The molecular weight excluding hydrogens is 384 g/mol. The number of carbonyl (C=O) groups excluding carboxylic acids is 1. The molecule has 1 N–H and O–H groups in total. The van der Waals surface area contributed by atoms with E-state index in [2.05, 4.69) is 16.6 Å². The predicted octanol–water partition coefficient (Wildman–Crippen LogP) is 3.81. The van der Waals surface area contributed by atoms with E-state index in [9.17, 15) is 13.2 Å². The summed E-state index contributed by atoms with van der Waals surface area (Å²) in [6.07, 6.45) is 0. The highest BCUT2D eigenvalue weighted by atomic mass is 32.2. The second kappa shape index (κ2) is 8.63. The molecule has 0 aliphatic heterocycles. The third-order valence-corrected chi connectivity index (χ3v) is 5.64. The fourth-order valence-electron chi connectivity index (χ4n) is 2.58. The van der Waals surface area contributed by atoms with Gasteiger partial charge < -0.3 is 4.90 Å². The van der Waals surface area contributed by atoms with Crippen LogP contribution in [0.25, 0.3) is 0 Å². The number of nitrogens with one attached hydrogen (secondary N) is 1. The van der Waals surface area contributed by atoms with Crippen LogP contribution in [0.2, 0.25) is 0 Å². The van der Waals surface area contributed by atoms with Crippen LogP contribution in [-0.2, 0) is 14.8 Å². The highest BCUT2D eigenvalue weighted by molar-refractivity contribution is 7.92. The number of anilines is 2. The molecule has 146 valence electrons. The molecule has 6 heteroatoms. The molecule has 0 unspecified atom stereocenters. The molecule has 3 aromatic carbocycles. The number of sulfonamides is 1. The van der Waals surface area contributed by atoms with E-state index < -0.39 is 15.9 Å². The zero-order valence-electron chi connectivity index (χ0n) is 16.1. The number of hydrogen-bond donors (Lipinski definition) is 1. The Balaban J connectivity index is 1.84. The number of hydrogen-bond acceptors (Lipinski definition) is 3. The van der Waals surface area contributed by atoms with Gasteiger partial charge in [0.15, 0.2) is 0 Å². The summed E-state index contributed by atoms with van der Waals surface area (Å²) in [5.41, 5.74) is 2.42. The van der Waals surface area contributed by atoms with Gasteiger partial charge in [-0.2, -0.15) is 0 Å². The average molecular weight is 404 g/mol. The van der Waals surface area contributed by atoms with E-state index in [0.717, 1.165) is 11.3 Å². The van der Waals surface area contributed by atoms with Crippen LogP contribution in [-0.4, -0.2) is 21.4 Å². The van der Waals surface area contributed by atoms with Gasteiger partial charge in [0.2, 0.25) is 0 Å².